The van der Waals surface area contributed by atoms with E-state index in [2.05, 4.69) is 6.58 Å². The van der Waals surface area contributed by atoms with Crippen molar-refractivity contribution in [2.45, 2.75) is 46.0 Å². The highest BCUT2D eigenvalue weighted by atomic mass is 16.6. The van der Waals surface area contributed by atoms with Gasteiger partial charge in [-0.3, -0.25) is 0 Å². The maximum absolute atomic E-state index is 10.9. The second-order valence-corrected chi connectivity index (χ2v) is 3.78. The van der Waals surface area contributed by atoms with Gasteiger partial charge in [-0.1, -0.05) is 27.4 Å². The lowest BCUT2D eigenvalue weighted by Gasteiger charge is -2.36. The van der Waals surface area contributed by atoms with Crippen LogP contribution in [0.3, 0.4) is 0 Å². The molecule has 2 N–H and O–H groups in total. The Morgan fingerprint density at radius 1 is 1.53 bits per heavy atom. The van der Waals surface area contributed by atoms with Crippen molar-refractivity contribution < 1.29 is 19.7 Å². The molecule has 0 aromatic carbocycles. The minimum Gasteiger partial charge on any atom is -0.432 e. The molecule has 4 heteroatoms. The molecule has 0 aromatic rings. The van der Waals surface area contributed by atoms with E-state index in [4.69, 9.17) is 4.74 Å². The summed E-state index contributed by atoms with van der Waals surface area (Å²) in [5.74, 6) is -0.689. The summed E-state index contributed by atoms with van der Waals surface area (Å²) in [6.07, 6.45) is -0.0452. The number of carbonyl (C=O) groups excluding carboxylic acids is 1. The first-order valence-corrected chi connectivity index (χ1v) is 5.11. The Bertz CT molecular complexity index is 227. The SMILES string of the molecule is C=CC(=O)OC(O)C(C)(CC)C(O)CC. The van der Waals surface area contributed by atoms with E-state index < -0.39 is 23.8 Å². The average Bonchev–Trinajstić information content (AvgIpc) is 2.26. The maximum atomic E-state index is 10.9. The molecular weight excluding hydrogens is 196 g/mol. The zero-order valence-electron chi connectivity index (χ0n) is 9.56. The van der Waals surface area contributed by atoms with Gasteiger partial charge in [-0.2, -0.15) is 0 Å². The highest BCUT2D eigenvalue weighted by Gasteiger charge is 2.39. The third-order valence-corrected chi connectivity index (χ3v) is 2.87. The van der Waals surface area contributed by atoms with Crippen molar-refractivity contribution in [2.24, 2.45) is 5.41 Å². The molecule has 0 radical (unpaired) electrons. The molecule has 0 aromatic heterocycles. The summed E-state index contributed by atoms with van der Waals surface area (Å²) in [4.78, 5) is 10.9. The summed E-state index contributed by atoms with van der Waals surface area (Å²) in [5, 5.41) is 19.5. The van der Waals surface area contributed by atoms with Crippen molar-refractivity contribution in [2.75, 3.05) is 0 Å². The van der Waals surface area contributed by atoms with Gasteiger partial charge in [0.2, 0.25) is 6.29 Å². The van der Waals surface area contributed by atoms with Crippen LogP contribution in [-0.4, -0.2) is 28.6 Å². The molecule has 15 heavy (non-hydrogen) atoms. The zero-order valence-corrected chi connectivity index (χ0v) is 9.56. The topological polar surface area (TPSA) is 66.8 Å². The van der Waals surface area contributed by atoms with E-state index in [-0.39, 0.29) is 0 Å². The Labute approximate surface area is 90.6 Å². The largest absolute Gasteiger partial charge is 0.432 e. The van der Waals surface area contributed by atoms with Crippen LogP contribution in [0.15, 0.2) is 12.7 Å². The molecular formula is C11H20O4. The van der Waals surface area contributed by atoms with Gasteiger partial charge in [-0.15, -0.1) is 0 Å². The van der Waals surface area contributed by atoms with Crippen LogP contribution in [-0.2, 0) is 9.53 Å². The van der Waals surface area contributed by atoms with Crippen LogP contribution in [0.5, 0.6) is 0 Å². The van der Waals surface area contributed by atoms with Crippen LogP contribution in [0, 0.1) is 5.41 Å². The molecule has 0 aliphatic heterocycles. The molecule has 0 aliphatic rings. The van der Waals surface area contributed by atoms with Gasteiger partial charge in [0.05, 0.1) is 11.5 Å². The quantitative estimate of drug-likeness (QED) is 0.398. The molecule has 0 fully saturated rings. The van der Waals surface area contributed by atoms with Crippen LogP contribution in [0.25, 0.3) is 0 Å². The number of aliphatic hydroxyl groups is 2. The molecule has 3 atom stereocenters. The number of carbonyl (C=O) groups is 1. The lowest BCUT2D eigenvalue weighted by atomic mass is 9.79. The van der Waals surface area contributed by atoms with Gasteiger partial charge in [-0.25, -0.2) is 4.79 Å². The summed E-state index contributed by atoms with van der Waals surface area (Å²) < 4.78 is 4.72. The molecule has 4 nitrogen and oxygen atoms in total. The van der Waals surface area contributed by atoms with Gasteiger partial charge in [0.1, 0.15) is 0 Å². The summed E-state index contributed by atoms with van der Waals surface area (Å²) in [5.41, 5.74) is -0.840. The first-order valence-electron chi connectivity index (χ1n) is 5.11. The van der Waals surface area contributed by atoms with Gasteiger partial charge in [-0.05, 0) is 12.8 Å². The van der Waals surface area contributed by atoms with Crippen LogP contribution < -0.4 is 0 Å². The number of hydrogen-bond donors (Lipinski definition) is 2. The smallest absolute Gasteiger partial charge is 0.332 e. The van der Waals surface area contributed by atoms with Crippen molar-refractivity contribution >= 4 is 5.97 Å². The van der Waals surface area contributed by atoms with Crippen molar-refractivity contribution in [3.63, 3.8) is 0 Å². The van der Waals surface area contributed by atoms with E-state index in [9.17, 15) is 15.0 Å². The molecule has 0 spiro atoms. The van der Waals surface area contributed by atoms with Gasteiger partial charge < -0.3 is 14.9 Å². The van der Waals surface area contributed by atoms with Crippen molar-refractivity contribution in [3.05, 3.63) is 12.7 Å². The molecule has 0 saturated heterocycles. The Hall–Kier alpha value is -0.870. The molecule has 0 heterocycles. The summed E-state index contributed by atoms with van der Waals surface area (Å²) in [6.45, 7) is 8.55. The summed E-state index contributed by atoms with van der Waals surface area (Å²) in [7, 11) is 0. The Morgan fingerprint density at radius 2 is 2.07 bits per heavy atom. The number of hydrogen-bond acceptors (Lipinski definition) is 4. The van der Waals surface area contributed by atoms with Gasteiger partial charge in [0.25, 0.3) is 0 Å². The van der Waals surface area contributed by atoms with Crippen LogP contribution in [0.4, 0.5) is 0 Å². The third kappa shape index (κ3) is 3.32. The fourth-order valence-corrected chi connectivity index (χ4v) is 1.33. The lowest BCUT2D eigenvalue weighted by Crippen LogP contribution is -2.44. The highest BCUT2D eigenvalue weighted by molar-refractivity contribution is 5.81. The van der Waals surface area contributed by atoms with Crippen molar-refractivity contribution in [1.82, 2.24) is 0 Å². The number of esters is 1. The van der Waals surface area contributed by atoms with E-state index in [0.29, 0.717) is 12.8 Å². The first kappa shape index (κ1) is 14.1. The number of aliphatic hydroxyl groups excluding tert-OH is 2. The van der Waals surface area contributed by atoms with E-state index in [1.54, 1.807) is 13.8 Å². The normalized spacial score (nSPS) is 18.7. The molecule has 0 rings (SSSR count). The van der Waals surface area contributed by atoms with Crippen LogP contribution >= 0.6 is 0 Å². The van der Waals surface area contributed by atoms with Gasteiger partial charge >= 0.3 is 5.97 Å². The van der Waals surface area contributed by atoms with E-state index in [0.717, 1.165) is 6.08 Å². The predicted octanol–water partition coefficient (Wildman–Crippen LogP) is 1.22. The fraction of sp³-hybridized carbons (Fsp3) is 0.727. The molecule has 0 saturated carbocycles. The Kier molecular flexibility index (Phi) is 5.54. The number of rotatable bonds is 6. The molecule has 0 amide bonds. The van der Waals surface area contributed by atoms with Gasteiger partial charge in [0.15, 0.2) is 0 Å². The van der Waals surface area contributed by atoms with Crippen molar-refractivity contribution in [1.29, 1.82) is 0 Å². The fourth-order valence-electron chi connectivity index (χ4n) is 1.33. The summed E-state index contributed by atoms with van der Waals surface area (Å²) >= 11 is 0. The van der Waals surface area contributed by atoms with Crippen LogP contribution in [0.1, 0.15) is 33.6 Å². The van der Waals surface area contributed by atoms with E-state index in [1.807, 2.05) is 6.92 Å². The maximum Gasteiger partial charge on any atom is 0.332 e. The number of ether oxygens (including phenoxy) is 1. The second-order valence-electron chi connectivity index (χ2n) is 3.78. The molecule has 3 unspecified atom stereocenters. The van der Waals surface area contributed by atoms with Gasteiger partial charge in [0, 0.05) is 6.08 Å². The minimum atomic E-state index is -1.32. The van der Waals surface area contributed by atoms with Crippen LogP contribution in [0.2, 0.25) is 0 Å². The minimum absolute atomic E-state index is 0.493. The Morgan fingerprint density at radius 3 is 2.40 bits per heavy atom. The molecule has 0 aliphatic carbocycles. The lowest BCUT2D eigenvalue weighted by molar-refractivity contribution is -0.204. The zero-order chi connectivity index (χ0) is 12.1. The average molecular weight is 216 g/mol. The predicted molar refractivity (Wildman–Crippen MR) is 57.0 cm³/mol. The Balaban J connectivity index is 4.64. The molecule has 0 bridgehead atoms. The second kappa shape index (κ2) is 5.88. The highest BCUT2D eigenvalue weighted by Crippen LogP contribution is 2.32. The molecule has 88 valence electrons. The van der Waals surface area contributed by atoms with E-state index in [1.165, 1.54) is 0 Å². The first-order chi connectivity index (χ1) is 6.92. The third-order valence-electron chi connectivity index (χ3n) is 2.87. The monoisotopic (exact) mass is 216 g/mol. The van der Waals surface area contributed by atoms with E-state index >= 15 is 0 Å². The summed E-state index contributed by atoms with van der Waals surface area (Å²) in [6, 6.07) is 0. The standard InChI is InChI=1S/C11H20O4/c1-5-8(12)11(4,7-3)10(14)15-9(13)6-2/h6,8,10,12,14H,2,5,7H2,1,3-4H3. The van der Waals surface area contributed by atoms with Crippen molar-refractivity contribution in [3.8, 4) is 0 Å².